The van der Waals surface area contributed by atoms with Crippen molar-refractivity contribution in [2.24, 2.45) is 0 Å². The van der Waals surface area contributed by atoms with Crippen molar-refractivity contribution in [1.29, 1.82) is 5.26 Å². The number of nitrogens with one attached hydrogen (secondary N) is 2. The number of anilines is 1. The van der Waals surface area contributed by atoms with Crippen molar-refractivity contribution in [3.63, 3.8) is 0 Å². The molecule has 10 nitrogen and oxygen atoms in total. The lowest BCUT2D eigenvalue weighted by Gasteiger charge is -2.42. The van der Waals surface area contributed by atoms with E-state index in [2.05, 4.69) is 31.6 Å². The summed E-state index contributed by atoms with van der Waals surface area (Å²) in [5.41, 5.74) is 1.48. The van der Waals surface area contributed by atoms with Gasteiger partial charge in [-0.15, -0.1) is 0 Å². The maximum Gasteiger partial charge on any atom is 0.410 e. The Balaban J connectivity index is 0.000000541. The topological polar surface area (TPSA) is 116 Å². The van der Waals surface area contributed by atoms with Crippen LogP contribution in [0.4, 0.5) is 10.6 Å². The molecule has 4 rings (SSSR count). The van der Waals surface area contributed by atoms with Gasteiger partial charge in [-0.05, 0) is 59.7 Å². The number of carbonyl (C=O) groups is 1. The average molecular weight is 460 g/mol. The number of ether oxygens (including phenoxy) is 2. The van der Waals surface area contributed by atoms with E-state index < -0.39 is 5.60 Å². The van der Waals surface area contributed by atoms with Crippen LogP contribution in [-0.4, -0.2) is 79.0 Å². The molecule has 2 saturated heterocycles. The van der Waals surface area contributed by atoms with E-state index in [9.17, 15) is 10.1 Å². The minimum absolute atomic E-state index is 0.238. The first-order valence-electron chi connectivity index (χ1n) is 11.8. The lowest BCUT2D eigenvalue weighted by atomic mass is 10.0. The monoisotopic (exact) mass is 459 g/mol. The summed E-state index contributed by atoms with van der Waals surface area (Å²) in [6.45, 7) is 11.2. The predicted octanol–water partition coefficient (Wildman–Crippen LogP) is 1.84. The molecule has 1 aromatic heterocycles. The second-order valence-corrected chi connectivity index (χ2v) is 9.48. The summed E-state index contributed by atoms with van der Waals surface area (Å²) >= 11 is 0. The molecule has 33 heavy (non-hydrogen) atoms. The first kappa shape index (κ1) is 25.0. The van der Waals surface area contributed by atoms with Gasteiger partial charge in [0.1, 0.15) is 11.4 Å². The third-order valence-corrected chi connectivity index (χ3v) is 5.77. The lowest BCUT2D eigenvalue weighted by Crippen LogP contribution is -2.56. The Morgan fingerprint density at radius 2 is 1.94 bits per heavy atom. The molecule has 3 aliphatic heterocycles. The van der Waals surface area contributed by atoms with Gasteiger partial charge in [-0.2, -0.15) is 15.2 Å². The number of nitriles is 1. The fraction of sp³-hybridized carbons (Fsp3) is 0.739. The van der Waals surface area contributed by atoms with Crippen LogP contribution in [0.3, 0.4) is 0 Å². The van der Waals surface area contributed by atoms with Crippen LogP contribution in [0, 0.1) is 11.3 Å². The highest BCUT2D eigenvalue weighted by atomic mass is 16.6. The molecule has 2 N–H and O–H groups in total. The highest BCUT2D eigenvalue weighted by Crippen LogP contribution is 2.29. The van der Waals surface area contributed by atoms with Crippen LogP contribution in [0.2, 0.25) is 0 Å². The fourth-order valence-corrected chi connectivity index (χ4v) is 4.18. The Labute approximate surface area is 196 Å². The van der Waals surface area contributed by atoms with E-state index >= 15 is 0 Å². The molecule has 1 amide bonds. The van der Waals surface area contributed by atoms with Crippen molar-refractivity contribution in [2.75, 3.05) is 51.3 Å². The average Bonchev–Trinajstić information content (AvgIpc) is 3.37. The zero-order chi connectivity index (χ0) is 23.8. The minimum atomic E-state index is -0.572. The van der Waals surface area contributed by atoms with Crippen molar-refractivity contribution in [3.05, 3.63) is 11.3 Å². The zero-order valence-electron chi connectivity index (χ0n) is 20.3. The number of rotatable bonds is 3. The Kier molecular flexibility index (Phi) is 8.69. The van der Waals surface area contributed by atoms with Crippen molar-refractivity contribution in [1.82, 2.24) is 25.5 Å². The number of hydrogen-bond donors (Lipinski definition) is 2. The quantitative estimate of drug-likeness (QED) is 0.698. The second-order valence-electron chi connectivity index (χ2n) is 9.48. The molecule has 10 heteroatoms. The minimum Gasteiger partial charge on any atom is -0.467 e. The van der Waals surface area contributed by atoms with Crippen LogP contribution >= 0.6 is 0 Å². The maximum atomic E-state index is 12.6. The van der Waals surface area contributed by atoms with E-state index in [1.807, 2.05) is 20.8 Å². The third kappa shape index (κ3) is 6.92. The fourth-order valence-electron chi connectivity index (χ4n) is 4.18. The van der Waals surface area contributed by atoms with Gasteiger partial charge in [-0.1, -0.05) is 0 Å². The smallest absolute Gasteiger partial charge is 0.410 e. The number of amides is 1. The summed E-state index contributed by atoms with van der Waals surface area (Å²) in [5.74, 6) is 0.843. The van der Waals surface area contributed by atoms with E-state index in [0.29, 0.717) is 32.2 Å². The van der Waals surface area contributed by atoms with Gasteiger partial charge in [0.15, 0.2) is 0 Å². The summed E-state index contributed by atoms with van der Waals surface area (Å²) in [5, 5.41) is 15.8. The first-order chi connectivity index (χ1) is 15.8. The molecule has 0 radical (unpaired) electrons. The Bertz CT molecular complexity index is 838. The van der Waals surface area contributed by atoms with Gasteiger partial charge in [0.05, 0.1) is 31.3 Å². The molecule has 1 aromatic rings. The molecule has 0 saturated carbocycles. The molecule has 3 aliphatic rings. The summed E-state index contributed by atoms with van der Waals surface area (Å²) in [6.07, 6.45) is 3.48. The highest BCUT2D eigenvalue weighted by Gasteiger charge is 2.35. The van der Waals surface area contributed by atoms with E-state index in [0.717, 1.165) is 30.0 Å². The molecule has 0 spiro atoms. The van der Waals surface area contributed by atoms with Crippen LogP contribution in [0.1, 0.15) is 51.3 Å². The number of methoxy groups -OCH3 is 1. The predicted molar refractivity (Wildman–Crippen MR) is 125 cm³/mol. The van der Waals surface area contributed by atoms with Gasteiger partial charge >= 0.3 is 12.1 Å². The van der Waals surface area contributed by atoms with E-state index in [-0.39, 0.29) is 18.6 Å². The summed E-state index contributed by atoms with van der Waals surface area (Å²) in [4.78, 5) is 25.5. The lowest BCUT2D eigenvalue weighted by molar-refractivity contribution is 0.0144. The molecule has 182 valence electrons. The number of hydrogen-bond acceptors (Lipinski definition) is 9. The largest absolute Gasteiger partial charge is 0.467 e. The van der Waals surface area contributed by atoms with Crippen LogP contribution in [-0.2, 0) is 17.7 Å². The van der Waals surface area contributed by atoms with Gasteiger partial charge in [0, 0.05) is 31.7 Å². The van der Waals surface area contributed by atoms with Gasteiger partial charge in [-0.25, -0.2) is 4.79 Å². The maximum absolute atomic E-state index is 12.6. The summed E-state index contributed by atoms with van der Waals surface area (Å²) < 4.78 is 10.8. The van der Waals surface area contributed by atoms with Gasteiger partial charge in [0.2, 0.25) is 0 Å². The van der Waals surface area contributed by atoms with Crippen LogP contribution in [0.5, 0.6) is 6.01 Å². The second kappa shape index (κ2) is 11.5. The normalized spacial score (nSPS) is 20.3. The number of aromatic nitrogens is 2. The van der Waals surface area contributed by atoms with Crippen molar-refractivity contribution in [3.8, 4) is 12.1 Å². The van der Waals surface area contributed by atoms with Gasteiger partial charge in [0.25, 0.3) is 0 Å². The Morgan fingerprint density at radius 1 is 1.18 bits per heavy atom. The number of fused-ring (bicyclic) bond motifs is 1. The number of piperazine rings is 1. The van der Waals surface area contributed by atoms with E-state index in [1.165, 1.54) is 25.9 Å². The highest BCUT2D eigenvalue weighted by molar-refractivity contribution is 5.69. The first-order valence-corrected chi connectivity index (χ1v) is 11.8. The molecule has 0 bridgehead atoms. The molecule has 2 fully saturated rings. The summed E-state index contributed by atoms with van der Waals surface area (Å²) in [6, 6.07) is 2.28. The third-order valence-electron chi connectivity index (χ3n) is 5.77. The number of nitrogens with zero attached hydrogens (tertiary/aromatic N) is 5. The number of carbonyl (C=O) groups excluding carboxylic acids is 1. The van der Waals surface area contributed by atoms with Crippen LogP contribution < -0.4 is 20.3 Å². The van der Waals surface area contributed by atoms with Crippen molar-refractivity contribution < 1.29 is 14.3 Å². The SMILES string of the molecule is C1CCNC1.COc1nc2c(c(N3CCN(C(=O)OC(C)(C)C)C(CC#N)C3)n1)CCNC2. The van der Waals surface area contributed by atoms with Crippen molar-refractivity contribution >= 4 is 11.9 Å². The standard InChI is InChI=1S/C19H28N6O3.C4H9N/c1-19(2,3)28-18(26)25-10-9-24(12-13(25)5-7-20)16-14-6-8-21-11-15(14)22-17(23-16)27-4;1-2-4-5-3-1/h13,21H,5-6,8-12H2,1-4H3;5H,1-4H2. The molecule has 1 atom stereocenters. The molecule has 0 aromatic carbocycles. The van der Waals surface area contributed by atoms with Gasteiger partial charge in [-0.3, -0.25) is 0 Å². The summed E-state index contributed by atoms with van der Waals surface area (Å²) in [7, 11) is 1.56. The van der Waals surface area contributed by atoms with E-state index in [1.54, 1.807) is 12.0 Å². The zero-order valence-corrected chi connectivity index (χ0v) is 20.3. The van der Waals surface area contributed by atoms with Crippen LogP contribution in [0.25, 0.3) is 0 Å². The molecule has 4 heterocycles. The van der Waals surface area contributed by atoms with E-state index in [4.69, 9.17) is 9.47 Å². The Morgan fingerprint density at radius 3 is 2.55 bits per heavy atom. The van der Waals surface area contributed by atoms with Gasteiger partial charge < -0.3 is 29.9 Å². The molecule has 0 aliphatic carbocycles. The van der Waals surface area contributed by atoms with Crippen LogP contribution in [0.15, 0.2) is 0 Å². The molecular weight excluding hydrogens is 422 g/mol. The molecule has 1 unspecified atom stereocenters. The molecular formula is C23H37N7O3. The van der Waals surface area contributed by atoms with Crippen molar-refractivity contribution in [2.45, 2.75) is 64.6 Å². The Hall–Kier alpha value is -2.64.